The molecule has 3 nitrogen and oxygen atoms in total. The van der Waals surface area contributed by atoms with Gasteiger partial charge in [-0.05, 0) is 50.6 Å². The molecule has 0 aliphatic carbocycles. The molecule has 7 heteroatoms. The standard InChI is InChI=1S/C12H7Br3N2OS/c13-7-3-9-8(16-12(18)17-9)2-6(7)11(15)5-1-10(14)19-4-5/h1-4,11H,(H2,16,17,18). The van der Waals surface area contributed by atoms with E-state index in [0.29, 0.717) is 0 Å². The van der Waals surface area contributed by atoms with Gasteiger partial charge in [0.05, 0.1) is 19.6 Å². The number of fused-ring (bicyclic) bond motifs is 1. The molecule has 19 heavy (non-hydrogen) atoms. The lowest BCUT2D eigenvalue weighted by atomic mass is 10.1. The van der Waals surface area contributed by atoms with Crippen molar-refractivity contribution in [3.63, 3.8) is 0 Å². The number of aromatic amines is 2. The molecule has 0 aliphatic heterocycles. The van der Waals surface area contributed by atoms with E-state index in [2.05, 4.69) is 69.2 Å². The molecule has 0 spiro atoms. The highest BCUT2D eigenvalue weighted by Gasteiger charge is 2.16. The molecule has 1 atom stereocenters. The van der Waals surface area contributed by atoms with Gasteiger partial charge in [-0.25, -0.2) is 4.79 Å². The Hall–Kier alpha value is -0.370. The van der Waals surface area contributed by atoms with Crippen molar-refractivity contribution < 1.29 is 0 Å². The van der Waals surface area contributed by atoms with E-state index in [1.54, 1.807) is 11.3 Å². The Balaban J connectivity index is 2.13. The number of thiophene rings is 1. The van der Waals surface area contributed by atoms with Crippen LogP contribution in [-0.4, -0.2) is 9.97 Å². The largest absolute Gasteiger partial charge is 0.323 e. The number of nitrogens with one attached hydrogen (secondary N) is 2. The predicted molar refractivity (Wildman–Crippen MR) is 89.4 cm³/mol. The fourth-order valence-electron chi connectivity index (χ4n) is 1.90. The van der Waals surface area contributed by atoms with E-state index < -0.39 is 0 Å². The van der Waals surface area contributed by atoms with E-state index in [0.717, 1.165) is 24.9 Å². The van der Waals surface area contributed by atoms with E-state index in [9.17, 15) is 4.79 Å². The Labute approximate surface area is 137 Å². The first-order valence-electron chi connectivity index (χ1n) is 5.34. The third kappa shape index (κ3) is 2.61. The van der Waals surface area contributed by atoms with Gasteiger partial charge in [-0.1, -0.05) is 31.9 Å². The lowest BCUT2D eigenvalue weighted by molar-refractivity contribution is 1.18. The third-order valence-corrected chi connectivity index (χ3v) is 6.02. The van der Waals surface area contributed by atoms with Crippen molar-refractivity contribution >= 4 is 70.2 Å². The van der Waals surface area contributed by atoms with Crippen molar-refractivity contribution in [1.82, 2.24) is 9.97 Å². The molecule has 0 fully saturated rings. The van der Waals surface area contributed by atoms with Gasteiger partial charge in [-0.15, -0.1) is 11.3 Å². The van der Waals surface area contributed by atoms with Gasteiger partial charge in [-0.2, -0.15) is 0 Å². The second-order valence-electron chi connectivity index (χ2n) is 4.05. The van der Waals surface area contributed by atoms with E-state index in [4.69, 9.17) is 0 Å². The Kier molecular flexibility index (Phi) is 3.72. The third-order valence-electron chi connectivity index (χ3n) is 2.79. The molecule has 3 aromatic rings. The molecule has 1 aromatic carbocycles. The Bertz CT molecular complexity index is 805. The van der Waals surface area contributed by atoms with Crippen molar-refractivity contribution in [2.24, 2.45) is 0 Å². The highest BCUT2D eigenvalue weighted by molar-refractivity contribution is 9.11. The average molecular weight is 467 g/mol. The summed E-state index contributed by atoms with van der Waals surface area (Å²) in [6.07, 6.45) is 0. The normalized spacial score (nSPS) is 13.0. The minimum Gasteiger partial charge on any atom is -0.306 e. The molecule has 0 bridgehead atoms. The van der Waals surface area contributed by atoms with Crippen LogP contribution in [0.5, 0.6) is 0 Å². The molecule has 0 amide bonds. The van der Waals surface area contributed by atoms with Crippen LogP contribution in [0.2, 0.25) is 0 Å². The van der Waals surface area contributed by atoms with Crippen LogP contribution in [0.25, 0.3) is 11.0 Å². The van der Waals surface area contributed by atoms with Gasteiger partial charge in [0.25, 0.3) is 0 Å². The predicted octanol–water partition coefficient (Wildman–Crippen LogP) is 4.93. The van der Waals surface area contributed by atoms with Crippen molar-refractivity contribution in [3.05, 3.63) is 53.4 Å². The number of rotatable bonds is 2. The molecule has 2 N–H and O–H groups in total. The van der Waals surface area contributed by atoms with E-state index in [-0.39, 0.29) is 10.5 Å². The zero-order valence-electron chi connectivity index (χ0n) is 9.34. The molecule has 1 unspecified atom stereocenters. The van der Waals surface area contributed by atoms with Crippen LogP contribution in [-0.2, 0) is 0 Å². The molecule has 2 aromatic heterocycles. The summed E-state index contributed by atoms with van der Waals surface area (Å²) < 4.78 is 2.05. The monoisotopic (exact) mass is 464 g/mol. The van der Waals surface area contributed by atoms with Crippen molar-refractivity contribution in [1.29, 1.82) is 0 Å². The molecule has 0 radical (unpaired) electrons. The van der Waals surface area contributed by atoms with Gasteiger partial charge < -0.3 is 9.97 Å². The number of H-pyrrole nitrogens is 2. The molecule has 2 heterocycles. The van der Waals surface area contributed by atoms with E-state index in [1.807, 2.05) is 12.1 Å². The Morgan fingerprint density at radius 2 is 1.79 bits per heavy atom. The summed E-state index contributed by atoms with van der Waals surface area (Å²) in [4.78, 5) is 16.9. The van der Waals surface area contributed by atoms with Gasteiger partial charge in [0.1, 0.15) is 0 Å². The topological polar surface area (TPSA) is 48.6 Å². The van der Waals surface area contributed by atoms with Crippen molar-refractivity contribution in [3.8, 4) is 0 Å². The molecule has 98 valence electrons. The fraction of sp³-hybridized carbons (Fsp3) is 0.0833. The van der Waals surface area contributed by atoms with Gasteiger partial charge >= 0.3 is 5.69 Å². The smallest absolute Gasteiger partial charge is 0.306 e. The first-order chi connectivity index (χ1) is 9.04. The van der Waals surface area contributed by atoms with Crippen LogP contribution in [0.1, 0.15) is 16.0 Å². The minimum atomic E-state index is -0.191. The molecule has 3 rings (SSSR count). The van der Waals surface area contributed by atoms with Crippen molar-refractivity contribution in [2.45, 2.75) is 4.83 Å². The zero-order valence-corrected chi connectivity index (χ0v) is 14.9. The van der Waals surface area contributed by atoms with Crippen LogP contribution < -0.4 is 5.69 Å². The highest BCUT2D eigenvalue weighted by Crippen LogP contribution is 2.39. The fourth-order valence-corrected chi connectivity index (χ4v) is 4.80. The van der Waals surface area contributed by atoms with Crippen LogP contribution in [0, 0.1) is 0 Å². The maximum absolute atomic E-state index is 11.3. The van der Waals surface area contributed by atoms with Gasteiger partial charge in [-0.3, -0.25) is 0 Å². The molecular formula is C12H7Br3N2OS. The Morgan fingerprint density at radius 1 is 1.11 bits per heavy atom. The van der Waals surface area contributed by atoms with E-state index >= 15 is 0 Å². The SMILES string of the molecule is O=c1[nH]c2cc(Br)c(C(Br)c3csc(Br)c3)cc2[nH]1. The number of halogens is 3. The van der Waals surface area contributed by atoms with Gasteiger partial charge in [0.15, 0.2) is 0 Å². The minimum absolute atomic E-state index is 0.0761. The first-order valence-corrected chi connectivity index (χ1v) is 8.72. The summed E-state index contributed by atoms with van der Waals surface area (Å²) in [5.41, 5.74) is 3.67. The summed E-state index contributed by atoms with van der Waals surface area (Å²) in [5.74, 6) is 0. The van der Waals surface area contributed by atoms with E-state index in [1.165, 1.54) is 5.56 Å². The maximum atomic E-state index is 11.3. The summed E-state index contributed by atoms with van der Waals surface area (Å²) in [7, 11) is 0. The molecule has 0 aliphatic rings. The second kappa shape index (κ2) is 5.20. The van der Waals surface area contributed by atoms with Crippen LogP contribution in [0.3, 0.4) is 0 Å². The number of alkyl halides is 1. The summed E-state index contributed by atoms with van der Waals surface area (Å²) in [6.45, 7) is 0. The number of hydrogen-bond acceptors (Lipinski definition) is 2. The first kappa shape index (κ1) is 13.6. The summed E-state index contributed by atoms with van der Waals surface area (Å²) in [5, 5.41) is 2.10. The van der Waals surface area contributed by atoms with Crippen molar-refractivity contribution in [2.75, 3.05) is 0 Å². The number of benzene rings is 1. The van der Waals surface area contributed by atoms with Gasteiger partial charge in [0.2, 0.25) is 0 Å². The van der Waals surface area contributed by atoms with Crippen LogP contribution in [0.4, 0.5) is 0 Å². The number of aromatic nitrogens is 2. The lowest BCUT2D eigenvalue weighted by Gasteiger charge is -2.11. The summed E-state index contributed by atoms with van der Waals surface area (Å²) >= 11 is 12.4. The Morgan fingerprint density at radius 3 is 2.42 bits per heavy atom. The lowest BCUT2D eigenvalue weighted by Crippen LogP contribution is -1.99. The summed E-state index contributed by atoms with van der Waals surface area (Å²) in [6, 6.07) is 5.97. The van der Waals surface area contributed by atoms with Crippen LogP contribution >= 0.6 is 59.1 Å². The maximum Gasteiger partial charge on any atom is 0.323 e. The molecule has 0 saturated heterocycles. The quantitative estimate of drug-likeness (QED) is 0.517. The number of hydrogen-bond donors (Lipinski definition) is 2. The zero-order chi connectivity index (χ0) is 13.6. The highest BCUT2D eigenvalue weighted by atomic mass is 79.9. The molecule has 0 saturated carbocycles. The van der Waals surface area contributed by atoms with Crippen LogP contribution in [0.15, 0.2) is 36.6 Å². The van der Waals surface area contributed by atoms with Gasteiger partial charge in [0, 0.05) is 4.47 Å². The second-order valence-corrected chi connectivity index (χ2v) is 8.11. The average Bonchev–Trinajstić information content (AvgIpc) is 2.92. The number of imidazole rings is 1. The molecular weight excluding hydrogens is 460 g/mol.